The van der Waals surface area contributed by atoms with Crippen molar-refractivity contribution in [3.8, 4) is 0 Å². The van der Waals surface area contributed by atoms with Crippen LogP contribution < -0.4 is 5.32 Å². The molecule has 0 aliphatic carbocycles. The molecular weight excluding hydrogens is 321 g/mol. The number of halogens is 1. The Balaban J connectivity index is 1.84. The van der Waals surface area contributed by atoms with Gasteiger partial charge in [-0.25, -0.2) is 4.39 Å². The molecule has 2 rings (SSSR count). The Morgan fingerprint density at radius 3 is 2.91 bits per heavy atom. The molecule has 0 spiro atoms. The summed E-state index contributed by atoms with van der Waals surface area (Å²) in [5.74, 6) is 0.107. The smallest absolute Gasteiger partial charge is 0.237 e. The minimum Gasteiger partial charge on any atom is -0.339 e. The van der Waals surface area contributed by atoms with E-state index < -0.39 is 22.5 Å². The maximum absolute atomic E-state index is 13.0. The molecule has 6 nitrogen and oxygen atoms in total. The number of hydrogen-bond acceptors (Lipinski definition) is 5. The summed E-state index contributed by atoms with van der Waals surface area (Å²) >= 11 is 0. The summed E-state index contributed by atoms with van der Waals surface area (Å²) in [5, 5.41) is 6.25. The molecule has 1 amide bonds. The van der Waals surface area contributed by atoms with Crippen LogP contribution in [0.3, 0.4) is 0 Å². The minimum atomic E-state index is -1.47. The van der Waals surface area contributed by atoms with Crippen LogP contribution in [0.4, 0.5) is 10.1 Å². The molecule has 1 aromatic carbocycles. The van der Waals surface area contributed by atoms with Crippen LogP contribution in [0.15, 0.2) is 28.8 Å². The van der Waals surface area contributed by atoms with Crippen LogP contribution in [0.25, 0.3) is 0 Å². The predicted molar refractivity (Wildman–Crippen MR) is 84.6 cm³/mol. The second-order valence-corrected chi connectivity index (χ2v) is 6.95. The quantitative estimate of drug-likeness (QED) is 0.836. The summed E-state index contributed by atoms with van der Waals surface area (Å²) < 4.78 is 30.0. The fourth-order valence-electron chi connectivity index (χ4n) is 1.89. The van der Waals surface area contributed by atoms with Crippen molar-refractivity contribution in [3.05, 3.63) is 41.8 Å². The number of rotatable bonds is 7. The summed E-state index contributed by atoms with van der Waals surface area (Å²) in [7, 11) is -1.47. The molecule has 1 atom stereocenters. The van der Waals surface area contributed by atoms with Crippen molar-refractivity contribution in [1.82, 2.24) is 10.1 Å². The summed E-state index contributed by atoms with van der Waals surface area (Å²) in [4.78, 5) is 15.9. The highest BCUT2D eigenvalue weighted by atomic mass is 32.2. The zero-order chi connectivity index (χ0) is 16.8. The second-order valence-electron chi connectivity index (χ2n) is 5.49. The van der Waals surface area contributed by atoms with Crippen LogP contribution in [-0.2, 0) is 27.8 Å². The minimum absolute atomic E-state index is 0.0398. The van der Waals surface area contributed by atoms with Crippen LogP contribution >= 0.6 is 0 Å². The van der Waals surface area contributed by atoms with Crippen LogP contribution in [0.5, 0.6) is 0 Å². The van der Waals surface area contributed by atoms with Crippen LogP contribution in [0.1, 0.15) is 25.6 Å². The van der Waals surface area contributed by atoms with Gasteiger partial charge in [-0.2, -0.15) is 4.98 Å². The summed E-state index contributed by atoms with van der Waals surface area (Å²) in [5.41, 5.74) is 0.325. The van der Waals surface area contributed by atoms with Gasteiger partial charge in [0.25, 0.3) is 0 Å². The standard InChI is InChI=1S/C15H18FN3O3S/c1-10(2)6-15-18-13(19-22-15)8-23(21)9-14(20)17-12-5-3-4-11(16)7-12/h3-5,7,10H,6,8-9H2,1-2H3,(H,17,20). The number of aromatic nitrogens is 2. The lowest BCUT2D eigenvalue weighted by Gasteiger charge is -2.04. The Bertz CT molecular complexity index is 703. The molecule has 0 fully saturated rings. The van der Waals surface area contributed by atoms with Gasteiger partial charge in [0.1, 0.15) is 11.6 Å². The fourth-order valence-corrected chi connectivity index (χ4v) is 2.76. The Kier molecular flexibility index (Phi) is 5.97. The van der Waals surface area contributed by atoms with E-state index in [-0.39, 0.29) is 11.5 Å². The number of nitrogens with zero attached hydrogens (tertiary/aromatic N) is 2. The molecule has 2 aromatic rings. The van der Waals surface area contributed by atoms with E-state index in [4.69, 9.17) is 4.52 Å². The zero-order valence-corrected chi connectivity index (χ0v) is 13.7. The van der Waals surface area contributed by atoms with Gasteiger partial charge in [0, 0.05) is 22.9 Å². The van der Waals surface area contributed by atoms with Gasteiger partial charge < -0.3 is 9.84 Å². The van der Waals surface area contributed by atoms with Crippen LogP contribution in [0.2, 0.25) is 0 Å². The van der Waals surface area contributed by atoms with Crippen molar-refractivity contribution in [1.29, 1.82) is 0 Å². The van der Waals surface area contributed by atoms with Crippen molar-refractivity contribution in [2.75, 3.05) is 11.1 Å². The van der Waals surface area contributed by atoms with Crippen molar-refractivity contribution in [2.45, 2.75) is 26.0 Å². The van der Waals surface area contributed by atoms with Crippen molar-refractivity contribution in [3.63, 3.8) is 0 Å². The average Bonchev–Trinajstić information content (AvgIpc) is 2.84. The van der Waals surface area contributed by atoms with Crippen molar-refractivity contribution < 1.29 is 17.9 Å². The Labute approximate surface area is 135 Å². The number of amides is 1. The monoisotopic (exact) mass is 339 g/mol. The molecule has 0 radical (unpaired) electrons. The molecule has 8 heteroatoms. The SMILES string of the molecule is CC(C)Cc1nc(CS(=O)CC(=O)Nc2cccc(F)c2)no1. The van der Waals surface area contributed by atoms with E-state index in [0.29, 0.717) is 29.7 Å². The number of anilines is 1. The normalized spacial score (nSPS) is 12.3. The number of hydrogen-bond donors (Lipinski definition) is 1. The first-order chi connectivity index (χ1) is 10.9. The number of benzene rings is 1. The number of carbonyl (C=O) groups excluding carboxylic acids is 1. The highest BCUT2D eigenvalue weighted by molar-refractivity contribution is 7.84. The van der Waals surface area contributed by atoms with E-state index in [2.05, 4.69) is 15.5 Å². The fraction of sp³-hybridized carbons (Fsp3) is 0.400. The topological polar surface area (TPSA) is 85.1 Å². The summed E-state index contributed by atoms with van der Waals surface area (Å²) in [6, 6.07) is 5.51. The molecule has 1 aromatic heterocycles. The molecule has 1 unspecified atom stereocenters. The van der Waals surface area contributed by atoms with E-state index in [1.807, 2.05) is 13.8 Å². The van der Waals surface area contributed by atoms with Gasteiger partial charge in [0.05, 0.1) is 5.75 Å². The third kappa shape index (κ3) is 5.90. The largest absolute Gasteiger partial charge is 0.339 e. The molecular formula is C15H18FN3O3S. The molecule has 0 aliphatic heterocycles. The van der Waals surface area contributed by atoms with E-state index in [0.717, 1.165) is 0 Å². The molecule has 0 saturated heterocycles. The highest BCUT2D eigenvalue weighted by Crippen LogP contribution is 2.10. The Morgan fingerprint density at radius 2 is 2.22 bits per heavy atom. The van der Waals surface area contributed by atoms with E-state index >= 15 is 0 Å². The van der Waals surface area contributed by atoms with Crippen molar-refractivity contribution in [2.24, 2.45) is 5.92 Å². The third-order valence-corrected chi connectivity index (χ3v) is 3.95. The van der Waals surface area contributed by atoms with Crippen LogP contribution in [0, 0.1) is 11.7 Å². The first-order valence-electron chi connectivity index (χ1n) is 7.14. The Morgan fingerprint density at radius 1 is 1.43 bits per heavy atom. The molecule has 1 N–H and O–H groups in total. The molecule has 0 bridgehead atoms. The number of nitrogens with one attached hydrogen (secondary N) is 1. The maximum atomic E-state index is 13.0. The predicted octanol–water partition coefficient (Wildman–Crippen LogP) is 2.29. The molecule has 124 valence electrons. The number of carbonyl (C=O) groups is 1. The molecule has 1 heterocycles. The average molecular weight is 339 g/mol. The van der Waals surface area contributed by atoms with E-state index in [9.17, 15) is 13.4 Å². The van der Waals surface area contributed by atoms with E-state index in [1.54, 1.807) is 6.07 Å². The summed E-state index contributed by atoms with van der Waals surface area (Å²) in [6.45, 7) is 4.05. The van der Waals surface area contributed by atoms with Gasteiger partial charge in [0.15, 0.2) is 5.82 Å². The maximum Gasteiger partial charge on any atom is 0.237 e. The third-order valence-electron chi connectivity index (χ3n) is 2.78. The first-order valence-corrected chi connectivity index (χ1v) is 8.63. The molecule has 0 saturated carbocycles. The van der Waals surface area contributed by atoms with Gasteiger partial charge in [-0.15, -0.1) is 0 Å². The van der Waals surface area contributed by atoms with Gasteiger partial charge in [-0.1, -0.05) is 25.1 Å². The zero-order valence-electron chi connectivity index (χ0n) is 12.9. The highest BCUT2D eigenvalue weighted by Gasteiger charge is 2.14. The van der Waals surface area contributed by atoms with Crippen molar-refractivity contribution >= 4 is 22.4 Å². The van der Waals surface area contributed by atoms with Gasteiger partial charge in [-0.3, -0.25) is 9.00 Å². The second kappa shape index (κ2) is 7.96. The first kappa shape index (κ1) is 17.3. The van der Waals surface area contributed by atoms with Gasteiger partial charge >= 0.3 is 0 Å². The Hall–Kier alpha value is -2.09. The van der Waals surface area contributed by atoms with Gasteiger partial charge in [0.2, 0.25) is 11.8 Å². The molecule has 0 aliphatic rings. The summed E-state index contributed by atoms with van der Waals surface area (Å²) in [6.07, 6.45) is 0.652. The van der Waals surface area contributed by atoms with Crippen LogP contribution in [-0.4, -0.2) is 26.0 Å². The van der Waals surface area contributed by atoms with E-state index in [1.165, 1.54) is 18.2 Å². The van der Waals surface area contributed by atoms with Gasteiger partial charge in [-0.05, 0) is 24.1 Å². The lowest BCUT2D eigenvalue weighted by molar-refractivity contribution is -0.113. The molecule has 23 heavy (non-hydrogen) atoms. The lowest BCUT2D eigenvalue weighted by atomic mass is 10.1. The lowest BCUT2D eigenvalue weighted by Crippen LogP contribution is -2.20.